The van der Waals surface area contributed by atoms with Crippen molar-refractivity contribution in [2.45, 2.75) is 44.8 Å². The zero-order chi connectivity index (χ0) is 22.2. The van der Waals surface area contributed by atoms with Crippen LogP contribution in [0.25, 0.3) is 16.6 Å². The van der Waals surface area contributed by atoms with Crippen LogP contribution in [0.3, 0.4) is 0 Å². The number of nitrogens with one attached hydrogen (secondary N) is 1. The molecule has 4 aromatic rings. The Hall–Kier alpha value is -3.72. The Balaban J connectivity index is 1.53. The van der Waals surface area contributed by atoms with Crippen LogP contribution in [0.4, 0.5) is 5.69 Å². The SMILES string of the molecule is Cc1cccc(C(=O)Nc2cc3cn([C@H]4CC[C@H](O)CC4)nc3cc2-n2cccn2)[n+]1O. The van der Waals surface area contributed by atoms with Gasteiger partial charge in [-0.3, -0.25) is 14.7 Å². The minimum atomic E-state index is -0.433. The van der Waals surface area contributed by atoms with E-state index in [0.29, 0.717) is 17.1 Å². The van der Waals surface area contributed by atoms with Crippen LogP contribution in [-0.2, 0) is 0 Å². The summed E-state index contributed by atoms with van der Waals surface area (Å²) in [6.07, 6.45) is 8.55. The molecule has 3 heterocycles. The monoisotopic (exact) mass is 433 g/mol. The van der Waals surface area contributed by atoms with E-state index in [-0.39, 0.29) is 17.8 Å². The molecule has 0 spiro atoms. The van der Waals surface area contributed by atoms with Gasteiger partial charge in [-0.15, -0.1) is 0 Å². The van der Waals surface area contributed by atoms with Gasteiger partial charge >= 0.3 is 11.6 Å². The molecular weight excluding hydrogens is 408 g/mol. The predicted octanol–water partition coefficient (Wildman–Crippen LogP) is 2.78. The number of anilines is 1. The lowest BCUT2D eigenvalue weighted by atomic mass is 9.93. The third-order valence-electron chi connectivity index (χ3n) is 6.07. The van der Waals surface area contributed by atoms with E-state index in [9.17, 15) is 15.1 Å². The summed E-state index contributed by atoms with van der Waals surface area (Å²) in [7, 11) is 0. The van der Waals surface area contributed by atoms with Gasteiger partial charge in [-0.2, -0.15) is 10.2 Å². The quantitative estimate of drug-likeness (QED) is 0.339. The fourth-order valence-corrected chi connectivity index (χ4v) is 4.26. The largest absolute Gasteiger partial charge is 0.393 e. The number of pyridine rings is 1. The number of hydrogen-bond acceptors (Lipinski definition) is 5. The van der Waals surface area contributed by atoms with E-state index in [2.05, 4.69) is 10.4 Å². The molecule has 1 aromatic carbocycles. The fourth-order valence-electron chi connectivity index (χ4n) is 4.26. The second kappa shape index (κ2) is 8.08. The Kier molecular flexibility index (Phi) is 5.10. The van der Waals surface area contributed by atoms with Crippen LogP contribution in [0.1, 0.15) is 47.9 Å². The number of aliphatic hydroxyl groups is 1. The first kappa shape index (κ1) is 20.2. The number of amides is 1. The third-order valence-corrected chi connectivity index (χ3v) is 6.07. The minimum Gasteiger partial charge on any atom is -0.393 e. The minimum absolute atomic E-state index is 0.132. The summed E-state index contributed by atoms with van der Waals surface area (Å²) < 4.78 is 4.52. The molecule has 1 aliphatic carbocycles. The van der Waals surface area contributed by atoms with Crippen LogP contribution in [0.5, 0.6) is 0 Å². The maximum Gasteiger partial charge on any atom is 0.325 e. The second-order valence-corrected chi connectivity index (χ2v) is 8.27. The third kappa shape index (κ3) is 3.71. The van der Waals surface area contributed by atoms with Crippen molar-refractivity contribution in [1.82, 2.24) is 19.6 Å². The van der Waals surface area contributed by atoms with Crippen molar-refractivity contribution in [2.24, 2.45) is 0 Å². The number of carbonyl (C=O) groups is 1. The Labute approximate surface area is 184 Å². The van der Waals surface area contributed by atoms with E-state index in [1.165, 1.54) is 0 Å². The van der Waals surface area contributed by atoms with Crippen molar-refractivity contribution < 1.29 is 19.8 Å². The van der Waals surface area contributed by atoms with Crippen LogP contribution >= 0.6 is 0 Å². The second-order valence-electron chi connectivity index (χ2n) is 8.27. The average Bonchev–Trinajstić information content (AvgIpc) is 3.45. The van der Waals surface area contributed by atoms with E-state index >= 15 is 0 Å². The normalized spacial score (nSPS) is 18.7. The van der Waals surface area contributed by atoms with Gasteiger partial charge in [-0.05, 0) is 49.9 Å². The molecule has 1 aliphatic rings. The van der Waals surface area contributed by atoms with Gasteiger partial charge in [-0.25, -0.2) is 4.68 Å². The van der Waals surface area contributed by atoms with Gasteiger partial charge in [0.25, 0.3) is 0 Å². The Morgan fingerprint density at radius 2 is 2.00 bits per heavy atom. The van der Waals surface area contributed by atoms with Crippen LogP contribution in [0, 0.1) is 6.92 Å². The standard InChI is InChI=1S/C23H24N6O3/c1-15-4-2-5-21(29(15)32)23(31)25-20-12-16-14-28(17-6-8-18(30)9-7-17)26-19(16)13-22(20)27-11-3-10-24-27/h2-5,10-14,17-18,30H,6-9H2,1H3,(H-,25,31,32)/p+1/t17-,18-. The molecule has 1 amide bonds. The van der Waals surface area contributed by atoms with Crippen molar-refractivity contribution in [3.8, 4) is 5.69 Å². The topological polar surface area (TPSA) is 109 Å². The first-order valence-corrected chi connectivity index (χ1v) is 10.7. The van der Waals surface area contributed by atoms with Gasteiger partial charge in [-0.1, -0.05) is 0 Å². The van der Waals surface area contributed by atoms with Crippen molar-refractivity contribution >= 4 is 22.5 Å². The first-order chi connectivity index (χ1) is 15.5. The molecule has 3 aromatic heterocycles. The van der Waals surface area contributed by atoms with Gasteiger partial charge < -0.3 is 10.4 Å². The number of benzene rings is 1. The molecule has 1 fully saturated rings. The van der Waals surface area contributed by atoms with Gasteiger partial charge in [0, 0.05) is 47.8 Å². The Morgan fingerprint density at radius 1 is 1.19 bits per heavy atom. The molecule has 0 bridgehead atoms. The number of nitrogens with zero attached hydrogens (tertiary/aromatic N) is 5. The fraction of sp³-hybridized carbons (Fsp3) is 0.304. The van der Waals surface area contributed by atoms with Gasteiger partial charge in [0.05, 0.1) is 29.0 Å². The summed E-state index contributed by atoms with van der Waals surface area (Å²) in [5.41, 5.74) is 2.73. The smallest absolute Gasteiger partial charge is 0.325 e. The summed E-state index contributed by atoms with van der Waals surface area (Å²) in [6.45, 7) is 1.72. The molecule has 164 valence electrons. The molecule has 32 heavy (non-hydrogen) atoms. The van der Waals surface area contributed by atoms with Crippen LogP contribution in [0.2, 0.25) is 0 Å². The van der Waals surface area contributed by atoms with Crippen LogP contribution in [-0.4, -0.2) is 41.9 Å². The number of aromatic nitrogens is 5. The number of aryl methyl sites for hydroxylation is 1. The zero-order valence-electron chi connectivity index (χ0n) is 17.7. The summed E-state index contributed by atoms with van der Waals surface area (Å²) in [5, 5.41) is 33.0. The highest BCUT2D eigenvalue weighted by molar-refractivity contribution is 6.04. The average molecular weight is 433 g/mol. The summed E-state index contributed by atoms with van der Waals surface area (Å²) >= 11 is 0. The molecule has 3 N–H and O–H groups in total. The number of carbonyl (C=O) groups excluding carboxylic acids is 1. The van der Waals surface area contributed by atoms with Crippen LogP contribution in [0.15, 0.2) is 55.0 Å². The summed E-state index contributed by atoms with van der Waals surface area (Å²) in [5.74, 6) is -0.433. The molecule has 1 saturated carbocycles. The van der Waals surface area contributed by atoms with Gasteiger partial charge in [0.2, 0.25) is 5.69 Å². The number of rotatable bonds is 4. The van der Waals surface area contributed by atoms with Crippen molar-refractivity contribution in [2.75, 3.05) is 5.32 Å². The highest BCUT2D eigenvalue weighted by atomic mass is 16.5. The zero-order valence-corrected chi connectivity index (χ0v) is 17.7. The molecule has 0 atom stereocenters. The van der Waals surface area contributed by atoms with Crippen molar-refractivity contribution in [3.63, 3.8) is 0 Å². The van der Waals surface area contributed by atoms with E-state index < -0.39 is 5.91 Å². The highest BCUT2D eigenvalue weighted by Gasteiger charge is 2.25. The first-order valence-electron chi connectivity index (χ1n) is 10.7. The van der Waals surface area contributed by atoms with Crippen LogP contribution < -0.4 is 10.0 Å². The van der Waals surface area contributed by atoms with Crippen molar-refractivity contribution in [1.29, 1.82) is 0 Å². The Bertz CT molecular complexity index is 1270. The van der Waals surface area contributed by atoms with E-state index in [4.69, 9.17) is 5.10 Å². The summed E-state index contributed by atoms with van der Waals surface area (Å²) in [6, 6.07) is 10.8. The molecular formula is C23H25N6O3+. The Morgan fingerprint density at radius 3 is 2.75 bits per heavy atom. The van der Waals surface area contributed by atoms with E-state index in [0.717, 1.165) is 41.3 Å². The van der Waals surface area contributed by atoms with Gasteiger partial charge in [0.15, 0.2) is 0 Å². The molecule has 9 nitrogen and oxygen atoms in total. The molecule has 0 unspecified atom stereocenters. The lowest BCUT2D eigenvalue weighted by molar-refractivity contribution is -0.909. The maximum absolute atomic E-state index is 13.0. The molecule has 0 saturated heterocycles. The molecule has 0 radical (unpaired) electrons. The van der Waals surface area contributed by atoms with E-state index in [1.807, 2.05) is 29.1 Å². The van der Waals surface area contributed by atoms with Crippen molar-refractivity contribution in [3.05, 3.63) is 66.4 Å². The highest BCUT2D eigenvalue weighted by Crippen LogP contribution is 2.32. The summed E-state index contributed by atoms with van der Waals surface area (Å²) in [4.78, 5) is 13.0. The van der Waals surface area contributed by atoms with E-state index in [1.54, 1.807) is 42.2 Å². The lowest BCUT2D eigenvalue weighted by Gasteiger charge is -2.25. The molecule has 0 aliphatic heterocycles. The van der Waals surface area contributed by atoms with Gasteiger partial charge in [0.1, 0.15) is 0 Å². The molecule has 9 heteroatoms. The number of aliphatic hydroxyl groups excluding tert-OH is 1. The molecule has 5 rings (SSSR count). The number of fused-ring (bicyclic) bond motifs is 1. The predicted molar refractivity (Wildman–Crippen MR) is 117 cm³/mol. The number of hydrogen-bond donors (Lipinski definition) is 3. The maximum atomic E-state index is 13.0. The lowest BCUT2D eigenvalue weighted by Crippen LogP contribution is -2.42.